The molecule has 7 nitrogen and oxygen atoms in total. The molecule has 1 N–H and O–H groups in total. The largest absolute Gasteiger partial charge is 0.340 e. The summed E-state index contributed by atoms with van der Waals surface area (Å²) in [7, 11) is 0. The highest BCUT2D eigenvalue weighted by molar-refractivity contribution is 5.78. The Morgan fingerprint density at radius 1 is 1.40 bits per heavy atom. The Morgan fingerprint density at radius 3 is 3.16 bits per heavy atom. The van der Waals surface area contributed by atoms with E-state index in [9.17, 15) is 9.18 Å². The predicted molar refractivity (Wildman–Crippen MR) is 89.0 cm³/mol. The van der Waals surface area contributed by atoms with Gasteiger partial charge in [0.05, 0.1) is 17.1 Å². The van der Waals surface area contributed by atoms with Gasteiger partial charge in [-0.25, -0.2) is 14.4 Å². The lowest BCUT2D eigenvalue weighted by molar-refractivity contribution is -0.132. The first-order valence-electron chi connectivity index (χ1n) is 8.48. The number of benzene rings is 1. The van der Waals surface area contributed by atoms with Gasteiger partial charge in [0.15, 0.2) is 0 Å². The molecule has 130 valence electrons. The van der Waals surface area contributed by atoms with Crippen LogP contribution in [0.15, 0.2) is 30.9 Å². The maximum Gasteiger partial charge on any atom is 0.223 e. The van der Waals surface area contributed by atoms with Gasteiger partial charge in [0.2, 0.25) is 5.91 Å². The molecular weight excluding hydrogens is 323 g/mol. The van der Waals surface area contributed by atoms with Crippen LogP contribution in [0.25, 0.3) is 11.0 Å². The van der Waals surface area contributed by atoms with Crippen molar-refractivity contribution in [3.05, 3.63) is 42.5 Å². The molecule has 1 atom stereocenters. The van der Waals surface area contributed by atoms with Crippen molar-refractivity contribution < 1.29 is 9.18 Å². The molecule has 4 rings (SSSR count). The van der Waals surface area contributed by atoms with Gasteiger partial charge in [-0.15, -0.1) is 0 Å². The van der Waals surface area contributed by atoms with Crippen LogP contribution in [0, 0.1) is 5.82 Å². The smallest absolute Gasteiger partial charge is 0.223 e. The van der Waals surface area contributed by atoms with Crippen molar-refractivity contribution in [2.75, 3.05) is 6.54 Å². The first kappa shape index (κ1) is 15.7. The van der Waals surface area contributed by atoms with Crippen LogP contribution in [0.4, 0.5) is 4.39 Å². The Bertz CT molecular complexity index is 875. The zero-order valence-corrected chi connectivity index (χ0v) is 13.7. The molecule has 2 aromatic heterocycles. The summed E-state index contributed by atoms with van der Waals surface area (Å²) in [6, 6.07) is 4.43. The van der Waals surface area contributed by atoms with E-state index in [0.717, 1.165) is 37.1 Å². The van der Waals surface area contributed by atoms with Crippen LogP contribution < -0.4 is 0 Å². The number of nitrogens with zero attached hydrogens (tertiary/aromatic N) is 5. The Hall–Kier alpha value is -2.77. The van der Waals surface area contributed by atoms with Gasteiger partial charge in [-0.2, -0.15) is 5.10 Å². The van der Waals surface area contributed by atoms with E-state index < -0.39 is 0 Å². The van der Waals surface area contributed by atoms with Gasteiger partial charge < -0.3 is 9.88 Å². The summed E-state index contributed by atoms with van der Waals surface area (Å²) in [6.45, 7) is 1.41. The molecule has 1 amide bonds. The van der Waals surface area contributed by atoms with E-state index in [1.54, 1.807) is 17.1 Å². The molecule has 0 bridgehead atoms. The Morgan fingerprint density at radius 2 is 2.32 bits per heavy atom. The highest BCUT2D eigenvalue weighted by Crippen LogP contribution is 2.32. The van der Waals surface area contributed by atoms with Crippen LogP contribution in [-0.2, 0) is 11.3 Å². The van der Waals surface area contributed by atoms with Crippen LogP contribution in [0.1, 0.15) is 37.5 Å². The normalized spacial score (nSPS) is 17.5. The quantitative estimate of drug-likeness (QED) is 0.772. The fourth-order valence-electron chi connectivity index (χ4n) is 3.39. The number of aromatic nitrogens is 5. The number of carbonyl (C=O) groups excluding carboxylic acids is 1. The lowest BCUT2D eigenvalue weighted by atomic mass is 10.2. The van der Waals surface area contributed by atoms with Crippen molar-refractivity contribution in [3.63, 3.8) is 0 Å². The van der Waals surface area contributed by atoms with E-state index in [1.807, 2.05) is 4.90 Å². The number of aromatic amines is 1. The molecule has 1 aliphatic rings. The molecule has 0 unspecified atom stereocenters. The van der Waals surface area contributed by atoms with Crippen LogP contribution in [-0.4, -0.2) is 42.1 Å². The van der Waals surface area contributed by atoms with Crippen molar-refractivity contribution in [1.82, 2.24) is 29.6 Å². The van der Waals surface area contributed by atoms with Crippen molar-refractivity contribution in [2.24, 2.45) is 0 Å². The van der Waals surface area contributed by atoms with Crippen molar-refractivity contribution in [2.45, 2.75) is 38.3 Å². The number of hydrogen-bond acceptors (Lipinski definition) is 4. The average molecular weight is 342 g/mol. The van der Waals surface area contributed by atoms with E-state index in [4.69, 9.17) is 0 Å². The Balaban J connectivity index is 1.44. The average Bonchev–Trinajstić information content (AvgIpc) is 3.33. The number of carbonyl (C=O) groups is 1. The van der Waals surface area contributed by atoms with Crippen molar-refractivity contribution in [3.8, 4) is 0 Å². The fourth-order valence-corrected chi connectivity index (χ4v) is 3.39. The molecule has 0 saturated carbocycles. The number of H-pyrrole nitrogens is 1. The standard InChI is InChI=1S/C17H19FN6O/c18-12-5-6-13-14(9-12)22-17(21-13)15-3-1-8-24(15)16(25)4-2-7-23-11-19-10-20-23/h5-6,9-11,15H,1-4,7-8H2,(H,21,22)/t15-/m0/s1. The predicted octanol–water partition coefficient (Wildman–Crippen LogP) is 2.44. The molecule has 25 heavy (non-hydrogen) atoms. The Labute approximate surface area is 143 Å². The van der Waals surface area contributed by atoms with E-state index >= 15 is 0 Å². The fraction of sp³-hybridized carbons (Fsp3) is 0.412. The number of fused-ring (bicyclic) bond motifs is 1. The summed E-state index contributed by atoms with van der Waals surface area (Å²) in [5, 5.41) is 4.04. The third-order valence-corrected chi connectivity index (χ3v) is 4.60. The maximum absolute atomic E-state index is 13.4. The zero-order chi connectivity index (χ0) is 17.2. The zero-order valence-electron chi connectivity index (χ0n) is 13.7. The van der Waals surface area contributed by atoms with Crippen molar-refractivity contribution >= 4 is 16.9 Å². The van der Waals surface area contributed by atoms with Gasteiger partial charge in [-0.05, 0) is 37.5 Å². The summed E-state index contributed by atoms with van der Waals surface area (Å²) in [5.41, 5.74) is 1.39. The van der Waals surface area contributed by atoms with E-state index in [-0.39, 0.29) is 17.8 Å². The van der Waals surface area contributed by atoms with E-state index in [1.165, 1.54) is 18.5 Å². The number of nitrogens with one attached hydrogen (secondary N) is 1. The topological polar surface area (TPSA) is 79.7 Å². The lowest BCUT2D eigenvalue weighted by Gasteiger charge is -2.23. The minimum Gasteiger partial charge on any atom is -0.340 e. The molecule has 0 aliphatic carbocycles. The van der Waals surface area contributed by atoms with E-state index in [2.05, 4.69) is 20.1 Å². The van der Waals surface area contributed by atoms with Gasteiger partial charge >= 0.3 is 0 Å². The summed E-state index contributed by atoms with van der Waals surface area (Å²) >= 11 is 0. The van der Waals surface area contributed by atoms with Gasteiger partial charge in [0.25, 0.3) is 0 Å². The number of imidazole rings is 1. The third kappa shape index (κ3) is 3.24. The highest BCUT2D eigenvalue weighted by Gasteiger charge is 2.31. The van der Waals surface area contributed by atoms with E-state index in [0.29, 0.717) is 18.5 Å². The van der Waals surface area contributed by atoms with Gasteiger partial charge in [0.1, 0.15) is 24.3 Å². The summed E-state index contributed by atoms with van der Waals surface area (Å²) in [5.74, 6) is 0.562. The van der Waals surface area contributed by atoms with Crippen molar-refractivity contribution in [1.29, 1.82) is 0 Å². The number of hydrogen-bond donors (Lipinski definition) is 1. The number of rotatable bonds is 5. The number of aryl methyl sites for hydroxylation is 1. The molecule has 1 saturated heterocycles. The summed E-state index contributed by atoms with van der Waals surface area (Å²) in [6.07, 6.45) is 6.14. The minimum absolute atomic E-state index is 0.0608. The molecule has 0 spiro atoms. The second kappa shape index (κ2) is 6.62. The number of halogens is 1. The second-order valence-electron chi connectivity index (χ2n) is 6.29. The van der Waals surface area contributed by atoms with Gasteiger partial charge in [0, 0.05) is 19.5 Å². The molecule has 3 aromatic rings. The van der Waals surface area contributed by atoms with Crippen LogP contribution in [0.5, 0.6) is 0 Å². The number of amides is 1. The first-order valence-corrected chi connectivity index (χ1v) is 8.48. The lowest BCUT2D eigenvalue weighted by Crippen LogP contribution is -2.31. The monoisotopic (exact) mass is 342 g/mol. The molecule has 1 aliphatic heterocycles. The molecule has 3 heterocycles. The molecule has 0 radical (unpaired) electrons. The van der Waals surface area contributed by atoms with Gasteiger partial charge in [-0.3, -0.25) is 9.48 Å². The van der Waals surface area contributed by atoms with Crippen LogP contribution >= 0.6 is 0 Å². The summed E-state index contributed by atoms with van der Waals surface area (Å²) in [4.78, 5) is 26.1. The third-order valence-electron chi connectivity index (χ3n) is 4.60. The Kier molecular flexibility index (Phi) is 4.17. The molecule has 1 aromatic carbocycles. The molecule has 1 fully saturated rings. The molecular formula is C17H19FN6O. The minimum atomic E-state index is -0.296. The van der Waals surface area contributed by atoms with Crippen LogP contribution in [0.3, 0.4) is 0 Å². The summed E-state index contributed by atoms with van der Waals surface area (Å²) < 4.78 is 15.1. The molecule has 8 heteroatoms. The SMILES string of the molecule is O=C(CCCn1cncn1)N1CCC[C@H]1c1nc2ccc(F)cc2[nH]1. The second-order valence-corrected chi connectivity index (χ2v) is 6.29. The first-order chi connectivity index (χ1) is 12.2. The maximum atomic E-state index is 13.4. The highest BCUT2D eigenvalue weighted by atomic mass is 19.1. The van der Waals surface area contributed by atoms with Crippen LogP contribution in [0.2, 0.25) is 0 Å². The number of likely N-dealkylation sites (tertiary alicyclic amines) is 1. The van der Waals surface area contributed by atoms with Gasteiger partial charge in [-0.1, -0.05) is 0 Å².